The summed E-state index contributed by atoms with van der Waals surface area (Å²) in [7, 11) is 0. The Morgan fingerprint density at radius 1 is 1.50 bits per heavy atom. The van der Waals surface area contributed by atoms with Crippen molar-refractivity contribution in [3.8, 4) is 0 Å². The number of rotatable bonds is 4. The van der Waals surface area contributed by atoms with Gasteiger partial charge < -0.3 is 0 Å². The lowest BCUT2D eigenvalue weighted by molar-refractivity contribution is 0.596. The highest BCUT2D eigenvalue weighted by molar-refractivity contribution is 7.83. The molecule has 0 fully saturated rings. The first-order valence-corrected chi connectivity index (χ1v) is 5.39. The molecule has 76 valence electrons. The minimum absolute atomic E-state index is 0.141. The molecule has 0 aromatic heterocycles. The molecule has 0 aliphatic rings. The molecular formula is C11H12ClFS. The first-order valence-electron chi connectivity index (χ1n) is 4.60. The van der Waals surface area contributed by atoms with E-state index in [0.717, 1.165) is 12.8 Å². The van der Waals surface area contributed by atoms with Crippen molar-refractivity contribution in [1.29, 1.82) is 0 Å². The Morgan fingerprint density at radius 3 is 2.64 bits per heavy atom. The number of benzene rings is 1. The van der Waals surface area contributed by atoms with Crippen LogP contribution >= 0.6 is 23.8 Å². The van der Waals surface area contributed by atoms with E-state index in [4.69, 9.17) is 23.8 Å². The SMILES string of the molecule is CCCC(C(=S)Cl)c1ccccc1F. The molecule has 1 unspecified atom stereocenters. The minimum Gasteiger partial charge on any atom is -0.207 e. The second kappa shape index (κ2) is 5.42. The molecule has 1 rings (SSSR count). The molecule has 0 amide bonds. The molecule has 1 aromatic rings. The van der Waals surface area contributed by atoms with Gasteiger partial charge in [0.1, 0.15) is 5.82 Å². The molecule has 0 saturated heterocycles. The zero-order valence-electron chi connectivity index (χ0n) is 7.97. The molecule has 0 aliphatic carbocycles. The molecule has 0 radical (unpaired) electrons. The second-order valence-corrected chi connectivity index (χ2v) is 4.24. The van der Waals surface area contributed by atoms with E-state index in [1.807, 2.05) is 6.92 Å². The van der Waals surface area contributed by atoms with Crippen molar-refractivity contribution in [3.05, 3.63) is 35.6 Å². The predicted molar refractivity (Wildman–Crippen MR) is 62.5 cm³/mol. The fraction of sp³-hybridized carbons (Fsp3) is 0.364. The van der Waals surface area contributed by atoms with E-state index in [1.54, 1.807) is 18.2 Å². The van der Waals surface area contributed by atoms with Crippen molar-refractivity contribution >= 4 is 28.1 Å². The van der Waals surface area contributed by atoms with Gasteiger partial charge in [-0.05, 0) is 18.1 Å². The minimum atomic E-state index is -0.228. The van der Waals surface area contributed by atoms with Gasteiger partial charge in [0.25, 0.3) is 0 Å². The molecule has 0 saturated carbocycles. The van der Waals surface area contributed by atoms with Crippen molar-refractivity contribution in [2.75, 3.05) is 0 Å². The van der Waals surface area contributed by atoms with Gasteiger partial charge in [-0.2, -0.15) is 0 Å². The summed E-state index contributed by atoms with van der Waals surface area (Å²) in [6.45, 7) is 2.03. The van der Waals surface area contributed by atoms with E-state index in [2.05, 4.69) is 0 Å². The third kappa shape index (κ3) is 2.76. The molecule has 0 bridgehead atoms. The molecule has 0 spiro atoms. The van der Waals surface area contributed by atoms with Gasteiger partial charge in [0.15, 0.2) is 0 Å². The van der Waals surface area contributed by atoms with E-state index >= 15 is 0 Å². The van der Waals surface area contributed by atoms with Crippen LogP contribution in [0.15, 0.2) is 24.3 Å². The Balaban J connectivity index is 2.99. The molecule has 0 N–H and O–H groups in total. The molecule has 3 heteroatoms. The quantitative estimate of drug-likeness (QED) is 0.550. The predicted octanol–water partition coefficient (Wildman–Crippen LogP) is 4.28. The molecule has 1 atom stereocenters. The largest absolute Gasteiger partial charge is 0.207 e. The maximum absolute atomic E-state index is 13.4. The van der Waals surface area contributed by atoms with Crippen LogP contribution in [0.5, 0.6) is 0 Å². The Kier molecular flexibility index (Phi) is 4.49. The molecule has 0 nitrogen and oxygen atoms in total. The van der Waals surface area contributed by atoms with Crippen LogP contribution in [0.2, 0.25) is 0 Å². The highest BCUT2D eigenvalue weighted by atomic mass is 35.5. The monoisotopic (exact) mass is 230 g/mol. The van der Waals surface area contributed by atoms with E-state index in [-0.39, 0.29) is 11.7 Å². The molecule has 0 aliphatic heterocycles. The normalized spacial score (nSPS) is 12.5. The first kappa shape index (κ1) is 11.6. The summed E-state index contributed by atoms with van der Waals surface area (Å²) >= 11 is 10.7. The number of halogens is 2. The maximum Gasteiger partial charge on any atom is 0.127 e. The molecular weight excluding hydrogens is 219 g/mol. The summed E-state index contributed by atoms with van der Waals surface area (Å²) in [5.41, 5.74) is 0.606. The van der Waals surface area contributed by atoms with E-state index in [9.17, 15) is 4.39 Å². The lowest BCUT2D eigenvalue weighted by atomic mass is 9.96. The van der Waals surface area contributed by atoms with Gasteiger partial charge >= 0.3 is 0 Å². The maximum atomic E-state index is 13.4. The molecule has 14 heavy (non-hydrogen) atoms. The Hall–Kier alpha value is -0.470. The third-order valence-electron chi connectivity index (χ3n) is 2.13. The van der Waals surface area contributed by atoms with Crippen LogP contribution < -0.4 is 0 Å². The van der Waals surface area contributed by atoms with Gasteiger partial charge in [0, 0.05) is 5.92 Å². The summed E-state index contributed by atoms with van der Waals surface area (Å²) in [4.78, 5) is 0. The van der Waals surface area contributed by atoms with Gasteiger partial charge in [-0.3, -0.25) is 0 Å². The fourth-order valence-electron chi connectivity index (χ4n) is 1.44. The van der Waals surface area contributed by atoms with Crippen LogP contribution in [0.4, 0.5) is 4.39 Å². The lowest BCUT2D eigenvalue weighted by Gasteiger charge is -2.14. The van der Waals surface area contributed by atoms with Crippen LogP contribution in [0, 0.1) is 5.82 Å². The summed E-state index contributed by atoms with van der Waals surface area (Å²) in [6, 6.07) is 6.65. The Morgan fingerprint density at radius 2 is 2.14 bits per heavy atom. The van der Waals surface area contributed by atoms with Gasteiger partial charge in [0.05, 0.1) is 4.32 Å². The average Bonchev–Trinajstić information content (AvgIpc) is 2.15. The van der Waals surface area contributed by atoms with Crippen LogP contribution in [-0.2, 0) is 0 Å². The highest BCUT2D eigenvalue weighted by Gasteiger charge is 2.17. The van der Waals surface area contributed by atoms with Crippen LogP contribution in [0.3, 0.4) is 0 Å². The van der Waals surface area contributed by atoms with Crippen molar-refractivity contribution in [2.24, 2.45) is 0 Å². The summed E-state index contributed by atoms with van der Waals surface area (Å²) < 4.78 is 13.7. The number of hydrogen-bond acceptors (Lipinski definition) is 1. The summed E-state index contributed by atoms with van der Waals surface area (Å²) in [5, 5.41) is 0. The topological polar surface area (TPSA) is 0 Å². The van der Waals surface area contributed by atoms with Crippen molar-refractivity contribution in [1.82, 2.24) is 0 Å². The van der Waals surface area contributed by atoms with Gasteiger partial charge in [0.2, 0.25) is 0 Å². The highest BCUT2D eigenvalue weighted by Crippen LogP contribution is 2.26. The number of hydrogen-bond donors (Lipinski definition) is 0. The average molecular weight is 231 g/mol. The smallest absolute Gasteiger partial charge is 0.127 e. The third-order valence-corrected chi connectivity index (χ3v) is 2.68. The molecule has 1 aromatic carbocycles. The molecule has 0 heterocycles. The van der Waals surface area contributed by atoms with E-state index in [1.165, 1.54) is 6.07 Å². The zero-order chi connectivity index (χ0) is 10.6. The Bertz CT molecular complexity index is 325. The van der Waals surface area contributed by atoms with Crippen LogP contribution in [0.1, 0.15) is 31.2 Å². The van der Waals surface area contributed by atoms with Crippen LogP contribution in [-0.4, -0.2) is 4.32 Å². The van der Waals surface area contributed by atoms with Gasteiger partial charge in [-0.25, -0.2) is 4.39 Å². The second-order valence-electron chi connectivity index (χ2n) is 3.17. The van der Waals surface area contributed by atoms with Gasteiger partial charge in [-0.15, -0.1) is 0 Å². The standard InChI is InChI=1S/C11H12ClFS/c1-2-5-9(11(12)14)8-6-3-4-7-10(8)13/h3-4,6-7,9H,2,5H2,1H3. The number of thiocarbonyl (C=S) groups is 1. The van der Waals surface area contributed by atoms with Crippen molar-refractivity contribution in [3.63, 3.8) is 0 Å². The lowest BCUT2D eigenvalue weighted by Crippen LogP contribution is -2.06. The van der Waals surface area contributed by atoms with Crippen molar-refractivity contribution < 1.29 is 4.39 Å². The zero-order valence-corrected chi connectivity index (χ0v) is 9.54. The van der Waals surface area contributed by atoms with E-state index < -0.39 is 0 Å². The van der Waals surface area contributed by atoms with Gasteiger partial charge in [-0.1, -0.05) is 55.4 Å². The fourth-order valence-corrected chi connectivity index (χ4v) is 1.91. The van der Waals surface area contributed by atoms with E-state index in [0.29, 0.717) is 9.89 Å². The van der Waals surface area contributed by atoms with Crippen LogP contribution in [0.25, 0.3) is 0 Å². The summed E-state index contributed by atoms with van der Waals surface area (Å²) in [6.07, 6.45) is 1.73. The van der Waals surface area contributed by atoms with Crippen molar-refractivity contribution in [2.45, 2.75) is 25.7 Å². The summed E-state index contributed by atoms with van der Waals surface area (Å²) in [5.74, 6) is -0.369. The Labute approximate surface area is 94.1 Å². The first-order chi connectivity index (χ1) is 6.66.